The Morgan fingerprint density at radius 1 is 1.20 bits per heavy atom. The second kappa shape index (κ2) is 9.79. The summed E-state index contributed by atoms with van der Waals surface area (Å²) in [5.74, 6) is 0.753. The molecule has 0 rings (SSSR count). The Morgan fingerprint density at radius 2 is 1.50 bits per heavy atom. The van der Waals surface area contributed by atoms with Gasteiger partial charge in [0.15, 0.2) is 0 Å². The minimum Gasteiger partial charge on any atom is -1.00 e. The minimum atomic E-state index is 0. The molecule has 0 spiro atoms. The summed E-state index contributed by atoms with van der Waals surface area (Å²) >= 11 is 5.47. The molecule has 0 aliphatic carbocycles. The molecule has 0 aromatic rings. The molecule has 0 radical (unpaired) electrons. The molecule has 3 N–H and O–H groups in total. The molecule has 0 bridgehead atoms. The quantitative estimate of drug-likeness (QED) is 0.439. The van der Waals surface area contributed by atoms with Crippen LogP contribution in [0.4, 0.5) is 0 Å². The third-order valence-electron chi connectivity index (χ3n) is 0.755. The van der Waals surface area contributed by atoms with E-state index in [0.29, 0.717) is 0 Å². The van der Waals surface area contributed by atoms with Gasteiger partial charge in [-0.15, -0.1) is 24.0 Å². The van der Waals surface area contributed by atoms with E-state index < -0.39 is 0 Å². The van der Waals surface area contributed by atoms with Crippen LogP contribution < -0.4 is 18.6 Å². The Bertz CT molecular complexity index is 53.3. The summed E-state index contributed by atoms with van der Waals surface area (Å²) in [7, 11) is 6.38. The number of rotatable bonds is 2. The molecular formula is C5H17Cl3N2. The first kappa shape index (κ1) is 22.4. The number of nitrogens with zero attached hydrogens (tertiary/aromatic N) is 1. The van der Waals surface area contributed by atoms with Crippen LogP contribution in [0.25, 0.3) is 0 Å². The highest BCUT2D eigenvalue weighted by Crippen LogP contribution is 1.88. The van der Waals surface area contributed by atoms with Gasteiger partial charge in [0.2, 0.25) is 0 Å². The third-order valence-corrected chi connectivity index (χ3v) is 0.924. The predicted molar refractivity (Wildman–Crippen MR) is 45.9 cm³/mol. The van der Waals surface area contributed by atoms with Crippen LogP contribution in [0.1, 0.15) is 0 Å². The van der Waals surface area contributed by atoms with E-state index in [1.54, 1.807) is 0 Å². The topological polar surface area (TPSA) is 35.0 Å². The maximum Gasteiger partial charge on any atom is 0.0918 e. The molecule has 0 heterocycles. The third kappa shape index (κ3) is 23.2. The van der Waals surface area contributed by atoms with E-state index in [0.717, 1.165) is 16.9 Å². The van der Waals surface area contributed by atoms with E-state index in [1.165, 1.54) is 0 Å². The van der Waals surface area contributed by atoms with E-state index in [9.17, 15) is 0 Å². The average molecular weight is 212 g/mol. The number of hydrogen-bond acceptors (Lipinski definition) is 1. The highest BCUT2D eigenvalue weighted by Gasteiger charge is 2.02. The molecule has 0 aliphatic rings. The van der Waals surface area contributed by atoms with Crippen molar-refractivity contribution in [3.63, 3.8) is 0 Å². The summed E-state index contributed by atoms with van der Waals surface area (Å²) < 4.78 is 0.962. The van der Waals surface area contributed by atoms with Crippen LogP contribution in [0, 0.1) is 0 Å². The van der Waals surface area contributed by atoms with Crippen LogP contribution in [0.3, 0.4) is 0 Å². The van der Waals surface area contributed by atoms with Gasteiger partial charge in [-0.3, -0.25) is 0 Å². The summed E-state index contributed by atoms with van der Waals surface area (Å²) in [5, 5.41) is 0. The van der Waals surface area contributed by atoms with Gasteiger partial charge in [0.25, 0.3) is 0 Å². The van der Waals surface area contributed by atoms with E-state index in [2.05, 4.69) is 21.1 Å². The maximum atomic E-state index is 5.47. The highest BCUT2D eigenvalue weighted by atomic mass is 35.5. The zero-order valence-electron chi connectivity index (χ0n) is 6.73. The van der Waals surface area contributed by atoms with Gasteiger partial charge in [-0.05, 0) is 0 Å². The Balaban J connectivity index is -0.0000000600. The van der Waals surface area contributed by atoms with Crippen molar-refractivity contribution in [1.82, 2.24) is 6.15 Å². The van der Waals surface area contributed by atoms with Gasteiger partial charge in [-0.1, -0.05) is 0 Å². The first-order valence-corrected chi connectivity index (χ1v) is 2.96. The van der Waals surface area contributed by atoms with Crippen molar-refractivity contribution in [1.29, 1.82) is 0 Å². The van der Waals surface area contributed by atoms with Gasteiger partial charge in [0.05, 0.1) is 33.6 Å². The lowest BCUT2D eigenvalue weighted by Crippen LogP contribution is -3.00. The minimum absolute atomic E-state index is 0. The molecule has 0 aliphatic heterocycles. The fourth-order valence-electron chi connectivity index (χ4n) is 0.254. The zero-order chi connectivity index (χ0) is 5.91. The molecule has 0 atom stereocenters. The number of hydrogen-bond donors (Lipinski definition) is 1. The van der Waals surface area contributed by atoms with Crippen molar-refractivity contribution in [2.75, 3.05) is 33.6 Å². The Kier molecular flexibility index (Phi) is 22.0. The van der Waals surface area contributed by atoms with Crippen molar-refractivity contribution >= 4 is 24.0 Å². The molecule has 0 saturated heterocycles. The molecule has 0 fully saturated rings. The van der Waals surface area contributed by atoms with E-state index in [4.69, 9.17) is 11.6 Å². The smallest absolute Gasteiger partial charge is 0.0918 e. The lowest BCUT2D eigenvalue weighted by Gasteiger charge is -2.21. The van der Waals surface area contributed by atoms with Crippen LogP contribution in [-0.2, 0) is 0 Å². The molecule has 0 aromatic heterocycles. The molecule has 5 heteroatoms. The Hall–Kier alpha value is 0.790. The SMILES string of the molecule is C[N+](C)(C)CCCl.Cl.N.[Cl-]. The number of quaternary nitrogens is 1. The molecule has 0 aromatic carbocycles. The first-order valence-electron chi connectivity index (χ1n) is 2.43. The molecule has 68 valence electrons. The van der Waals surface area contributed by atoms with E-state index >= 15 is 0 Å². The highest BCUT2D eigenvalue weighted by molar-refractivity contribution is 6.17. The standard InChI is InChI=1S/C5H13ClN.2ClH.H3N/c1-7(2,3)5-4-6;;;/h4-5H2,1-3H3;2*1H;1H3/q+1;;;/p-1. The fraction of sp³-hybridized carbons (Fsp3) is 1.00. The average Bonchev–Trinajstić information content (AvgIpc) is 1.30. The number of alkyl halides is 1. The van der Waals surface area contributed by atoms with E-state index in [1.807, 2.05) is 0 Å². The predicted octanol–water partition coefficient (Wildman–Crippen LogP) is -1.48. The van der Waals surface area contributed by atoms with Gasteiger partial charge < -0.3 is 23.0 Å². The Morgan fingerprint density at radius 3 is 1.50 bits per heavy atom. The van der Waals surface area contributed by atoms with Crippen molar-refractivity contribution in [3.05, 3.63) is 0 Å². The summed E-state index contributed by atoms with van der Waals surface area (Å²) in [6, 6.07) is 0. The van der Waals surface area contributed by atoms with Crippen LogP contribution in [0.5, 0.6) is 0 Å². The summed E-state index contributed by atoms with van der Waals surface area (Å²) in [6.45, 7) is 1.04. The summed E-state index contributed by atoms with van der Waals surface area (Å²) in [5.41, 5.74) is 0. The largest absolute Gasteiger partial charge is 1.00 e. The summed E-state index contributed by atoms with van der Waals surface area (Å²) in [4.78, 5) is 0. The van der Waals surface area contributed by atoms with Crippen molar-refractivity contribution in [2.45, 2.75) is 0 Å². The second-order valence-electron chi connectivity index (χ2n) is 2.70. The van der Waals surface area contributed by atoms with Crippen molar-refractivity contribution < 1.29 is 16.9 Å². The van der Waals surface area contributed by atoms with Crippen molar-refractivity contribution in [2.24, 2.45) is 0 Å². The maximum absolute atomic E-state index is 5.47. The van der Waals surface area contributed by atoms with Crippen LogP contribution >= 0.6 is 24.0 Å². The van der Waals surface area contributed by atoms with Crippen LogP contribution in [-0.4, -0.2) is 38.1 Å². The zero-order valence-corrected chi connectivity index (χ0v) is 9.06. The van der Waals surface area contributed by atoms with Gasteiger partial charge in [0.1, 0.15) is 0 Å². The second-order valence-corrected chi connectivity index (χ2v) is 3.08. The first-order chi connectivity index (χ1) is 3.06. The van der Waals surface area contributed by atoms with Crippen molar-refractivity contribution in [3.8, 4) is 0 Å². The Labute approximate surface area is 80.9 Å². The fourth-order valence-corrected chi connectivity index (χ4v) is 0.761. The van der Waals surface area contributed by atoms with Gasteiger partial charge in [0, 0.05) is 0 Å². The molecular weight excluding hydrogens is 194 g/mol. The van der Waals surface area contributed by atoms with Crippen LogP contribution in [0.2, 0.25) is 0 Å². The molecule has 10 heavy (non-hydrogen) atoms. The monoisotopic (exact) mass is 210 g/mol. The van der Waals surface area contributed by atoms with Gasteiger partial charge in [-0.25, -0.2) is 0 Å². The van der Waals surface area contributed by atoms with Crippen LogP contribution in [0.15, 0.2) is 0 Å². The van der Waals surface area contributed by atoms with E-state index in [-0.39, 0.29) is 31.0 Å². The lowest BCUT2D eigenvalue weighted by molar-refractivity contribution is -0.867. The summed E-state index contributed by atoms with van der Waals surface area (Å²) in [6.07, 6.45) is 0. The van der Waals surface area contributed by atoms with Gasteiger partial charge in [-0.2, -0.15) is 0 Å². The van der Waals surface area contributed by atoms with Gasteiger partial charge >= 0.3 is 0 Å². The molecule has 2 nitrogen and oxygen atoms in total. The normalized spacial score (nSPS) is 8.40. The molecule has 0 saturated carbocycles. The number of halogens is 3. The lowest BCUT2D eigenvalue weighted by atomic mass is 10.6. The molecule has 0 unspecified atom stereocenters. The molecule has 0 amide bonds.